The van der Waals surface area contributed by atoms with E-state index in [1.807, 2.05) is 0 Å². The molecule has 0 spiro atoms. The highest BCUT2D eigenvalue weighted by molar-refractivity contribution is 6.05. The Morgan fingerprint density at radius 2 is 2.14 bits per heavy atom. The lowest BCUT2D eigenvalue weighted by molar-refractivity contribution is -0.384. The fraction of sp³-hybridized carbons (Fsp3) is 0.182. The molecular weight excluding hydrogens is 282 g/mol. The second-order valence-electron chi connectivity index (χ2n) is 3.77. The van der Waals surface area contributed by atoms with Crippen molar-refractivity contribution in [3.05, 3.63) is 33.9 Å². The molecule has 0 radical (unpaired) electrons. The number of nitrogens with one attached hydrogen (secondary N) is 2. The molecule has 1 aromatic heterocycles. The Labute approximate surface area is 118 Å². The zero-order valence-electron chi connectivity index (χ0n) is 11.1. The van der Waals surface area contributed by atoms with Crippen molar-refractivity contribution in [1.82, 2.24) is 15.2 Å². The molecule has 2 rings (SSSR count). The third kappa shape index (κ3) is 3.05. The van der Waals surface area contributed by atoms with Gasteiger partial charge in [0.1, 0.15) is 5.75 Å². The van der Waals surface area contributed by atoms with Gasteiger partial charge in [0, 0.05) is 6.07 Å². The van der Waals surface area contributed by atoms with Crippen molar-refractivity contribution >= 4 is 17.5 Å². The normalized spacial score (nSPS) is 10.0. The number of methoxy groups -OCH3 is 2. The van der Waals surface area contributed by atoms with Crippen LogP contribution < -0.4 is 14.8 Å². The maximum absolute atomic E-state index is 12.1. The van der Waals surface area contributed by atoms with Gasteiger partial charge in [-0.25, -0.2) is 5.10 Å². The van der Waals surface area contributed by atoms with E-state index in [1.54, 1.807) is 0 Å². The van der Waals surface area contributed by atoms with Gasteiger partial charge in [0.05, 0.1) is 30.8 Å². The van der Waals surface area contributed by atoms with E-state index in [0.717, 1.165) is 6.07 Å². The Morgan fingerprint density at radius 1 is 1.38 bits per heavy atom. The van der Waals surface area contributed by atoms with E-state index in [4.69, 9.17) is 9.47 Å². The predicted octanol–water partition coefficient (Wildman–Crippen LogP) is 0.982. The van der Waals surface area contributed by atoms with Gasteiger partial charge >= 0.3 is 6.01 Å². The van der Waals surface area contributed by atoms with Gasteiger partial charge in [0.15, 0.2) is 0 Å². The largest absolute Gasteiger partial charge is 0.496 e. The lowest BCUT2D eigenvalue weighted by atomic mass is 10.1. The summed E-state index contributed by atoms with van der Waals surface area (Å²) in [6, 6.07) is 3.73. The monoisotopic (exact) mass is 293 g/mol. The molecule has 21 heavy (non-hydrogen) atoms. The van der Waals surface area contributed by atoms with E-state index < -0.39 is 10.8 Å². The molecule has 0 atom stereocenters. The Bertz CT molecular complexity index is 683. The first-order valence-electron chi connectivity index (χ1n) is 5.65. The van der Waals surface area contributed by atoms with Crippen molar-refractivity contribution in [1.29, 1.82) is 0 Å². The molecule has 110 valence electrons. The van der Waals surface area contributed by atoms with E-state index in [9.17, 15) is 14.9 Å². The number of hydrogen-bond donors (Lipinski definition) is 2. The number of amides is 1. The van der Waals surface area contributed by atoms with Crippen LogP contribution in [0.3, 0.4) is 0 Å². The number of aromatic nitrogens is 3. The van der Waals surface area contributed by atoms with Crippen LogP contribution in [0.4, 0.5) is 11.6 Å². The van der Waals surface area contributed by atoms with Crippen molar-refractivity contribution in [2.75, 3.05) is 19.5 Å². The smallest absolute Gasteiger partial charge is 0.336 e. The van der Waals surface area contributed by atoms with Crippen LogP contribution in [0.25, 0.3) is 0 Å². The van der Waals surface area contributed by atoms with E-state index in [-0.39, 0.29) is 29.0 Å². The van der Waals surface area contributed by atoms with Gasteiger partial charge in [-0.05, 0) is 6.07 Å². The van der Waals surface area contributed by atoms with Crippen LogP contribution in [0.5, 0.6) is 11.8 Å². The average Bonchev–Trinajstić information content (AvgIpc) is 2.93. The van der Waals surface area contributed by atoms with Gasteiger partial charge in [-0.15, -0.1) is 5.10 Å². The highest BCUT2D eigenvalue weighted by atomic mass is 16.6. The van der Waals surface area contributed by atoms with Crippen LogP contribution in [0.15, 0.2) is 18.2 Å². The first-order valence-corrected chi connectivity index (χ1v) is 5.65. The topological polar surface area (TPSA) is 132 Å². The molecule has 0 saturated carbocycles. The van der Waals surface area contributed by atoms with E-state index in [2.05, 4.69) is 20.5 Å². The highest BCUT2D eigenvalue weighted by Gasteiger charge is 2.18. The number of nitro groups is 1. The predicted molar refractivity (Wildman–Crippen MR) is 70.5 cm³/mol. The molecule has 0 bridgehead atoms. The number of carbonyl (C=O) groups is 1. The summed E-state index contributed by atoms with van der Waals surface area (Å²) in [6.07, 6.45) is 0. The molecule has 1 amide bonds. The maximum Gasteiger partial charge on any atom is 0.336 e. The summed E-state index contributed by atoms with van der Waals surface area (Å²) in [6.45, 7) is 0. The van der Waals surface area contributed by atoms with E-state index in [0.29, 0.717) is 0 Å². The molecule has 0 fully saturated rings. The minimum Gasteiger partial charge on any atom is -0.496 e. The Morgan fingerprint density at radius 3 is 2.71 bits per heavy atom. The first kappa shape index (κ1) is 14.2. The summed E-state index contributed by atoms with van der Waals surface area (Å²) in [5.41, 5.74) is -0.0526. The minimum atomic E-state index is -0.578. The van der Waals surface area contributed by atoms with Crippen LogP contribution in [-0.2, 0) is 0 Å². The molecule has 2 aromatic rings. The van der Waals surface area contributed by atoms with Crippen LogP contribution in [0.2, 0.25) is 0 Å². The maximum atomic E-state index is 12.1. The lowest BCUT2D eigenvalue weighted by Gasteiger charge is -2.07. The number of nitro benzene ring substituents is 1. The highest BCUT2D eigenvalue weighted by Crippen LogP contribution is 2.25. The first-order chi connectivity index (χ1) is 10.0. The summed E-state index contributed by atoms with van der Waals surface area (Å²) < 4.78 is 9.75. The second-order valence-corrected chi connectivity index (χ2v) is 3.77. The molecule has 0 aliphatic rings. The number of carbonyl (C=O) groups excluding carboxylic acids is 1. The SMILES string of the molecule is COc1n[nH]c(NC(=O)c2ccc([N+](=O)[O-])cc2OC)n1. The number of H-pyrrole nitrogens is 1. The number of benzene rings is 1. The third-order valence-corrected chi connectivity index (χ3v) is 2.52. The zero-order valence-corrected chi connectivity index (χ0v) is 11.1. The molecular formula is C11H11N5O5. The molecule has 2 N–H and O–H groups in total. The zero-order chi connectivity index (χ0) is 15.4. The molecule has 10 heteroatoms. The Balaban J connectivity index is 2.24. The molecule has 1 heterocycles. The van der Waals surface area contributed by atoms with Crippen LogP contribution in [0.1, 0.15) is 10.4 Å². The molecule has 10 nitrogen and oxygen atoms in total. The van der Waals surface area contributed by atoms with Crippen LogP contribution in [0, 0.1) is 10.1 Å². The summed E-state index contributed by atoms with van der Waals surface area (Å²) in [7, 11) is 2.70. The summed E-state index contributed by atoms with van der Waals surface area (Å²) in [5.74, 6) is -0.397. The fourth-order valence-corrected chi connectivity index (χ4v) is 1.55. The van der Waals surface area contributed by atoms with Gasteiger partial charge in [-0.1, -0.05) is 0 Å². The molecule has 1 aromatic carbocycles. The Hall–Kier alpha value is -3.17. The van der Waals surface area contributed by atoms with Gasteiger partial charge in [-0.2, -0.15) is 4.98 Å². The summed E-state index contributed by atoms with van der Waals surface area (Å²) in [4.78, 5) is 26.0. The van der Waals surface area contributed by atoms with E-state index >= 15 is 0 Å². The van der Waals surface area contributed by atoms with Crippen molar-refractivity contribution in [2.45, 2.75) is 0 Å². The van der Waals surface area contributed by atoms with Crippen molar-refractivity contribution < 1.29 is 19.2 Å². The number of non-ortho nitro benzene ring substituents is 1. The molecule has 0 aliphatic carbocycles. The van der Waals surface area contributed by atoms with Gasteiger partial charge in [0.25, 0.3) is 11.6 Å². The Kier molecular flexibility index (Phi) is 3.97. The molecule has 0 saturated heterocycles. The lowest BCUT2D eigenvalue weighted by Crippen LogP contribution is -2.14. The minimum absolute atomic E-state index is 0.0703. The van der Waals surface area contributed by atoms with Crippen LogP contribution >= 0.6 is 0 Å². The number of ether oxygens (including phenoxy) is 2. The van der Waals surface area contributed by atoms with Crippen molar-refractivity contribution in [3.8, 4) is 11.8 Å². The number of rotatable bonds is 5. The molecule has 0 aliphatic heterocycles. The number of aromatic amines is 1. The summed E-state index contributed by atoms with van der Waals surface area (Å²) >= 11 is 0. The summed E-state index contributed by atoms with van der Waals surface area (Å²) in [5, 5.41) is 19.3. The standard InChI is InChI=1S/C11H11N5O5/c1-20-8-5-6(16(18)19)3-4-7(8)9(17)12-10-13-11(21-2)15-14-10/h3-5H,1-2H3,(H2,12,13,14,15,17). The average molecular weight is 293 g/mol. The van der Waals surface area contributed by atoms with Gasteiger partial charge in [0.2, 0.25) is 5.95 Å². The fourth-order valence-electron chi connectivity index (χ4n) is 1.55. The quantitative estimate of drug-likeness (QED) is 0.620. The number of hydrogen-bond acceptors (Lipinski definition) is 7. The van der Waals surface area contributed by atoms with Crippen molar-refractivity contribution in [2.24, 2.45) is 0 Å². The number of anilines is 1. The molecule has 0 unspecified atom stereocenters. The van der Waals surface area contributed by atoms with Gasteiger partial charge < -0.3 is 9.47 Å². The van der Waals surface area contributed by atoms with Gasteiger partial charge in [-0.3, -0.25) is 20.2 Å². The van der Waals surface area contributed by atoms with E-state index in [1.165, 1.54) is 26.4 Å². The third-order valence-electron chi connectivity index (χ3n) is 2.52. The van der Waals surface area contributed by atoms with Crippen molar-refractivity contribution in [3.63, 3.8) is 0 Å². The second kappa shape index (κ2) is 5.86. The number of nitrogens with zero attached hydrogens (tertiary/aromatic N) is 3. The van der Waals surface area contributed by atoms with Crippen LogP contribution in [-0.4, -0.2) is 40.2 Å².